The van der Waals surface area contributed by atoms with Crippen molar-refractivity contribution in [3.05, 3.63) is 35.4 Å². The van der Waals surface area contributed by atoms with Crippen LogP contribution in [0.5, 0.6) is 0 Å². The van der Waals surface area contributed by atoms with Crippen LogP contribution in [0.2, 0.25) is 0 Å². The molecule has 0 spiro atoms. The number of oxime groups is 1. The molecule has 15 heavy (non-hydrogen) atoms. The Morgan fingerprint density at radius 3 is 2.93 bits per heavy atom. The van der Waals surface area contributed by atoms with E-state index in [0.29, 0.717) is 0 Å². The summed E-state index contributed by atoms with van der Waals surface area (Å²) in [7, 11) is 0. The van der Waals surface area contributed by atoms with Crippen LogP contribution in [0, 0.1) is 6.92 Å². The summed E-state index contributed by atoms with van der Waals surface area (Å²) in [5.74, 6) is 0. The number of unbranched alkanes of at least 4 members (excludes halogenated alkanes) is 2. The predicted molar refractivity (Wildman–Crippen MR) is 64.3 cm³/mol. The number of aryl methyl sites for hydroxylation is 1. The third-order valence-corrected chi connectivity index (χ3v) is 2.16. The molecule has 0 fully saturated rings. The van der Waals surface area contributed by atoms with Crippen molar-refractivity contribution < 1.29 is 4.84 Å². The van der Waals surface area contributed by atoms with Crippen molar-refractivity contribution in [2.24, 2.45) is 5.16 Å². The molecule has 0 saturated carbocycles. The van der Waals surface area contributed by atoms with Gasteiger partial charge in [-0.15, -0.1) is 0 Å². The van der Waals surface area contributed by atoms with Crippen LogP contribution in [-0.2, 0) is 4.84 Å². The number of benzene rings is 1. The molecule has 0 aliphatic rings. The molecule has 0 N–H and O–H groups in total. The molecule has 0 aliphatic carbocycles. The highest BCUT2D eigenvalue weighted by atomic mass is 16.6. The van der Waals surface area contributed by atoms with Gasteiger partial charge in [-0.05, 0) is 18.9 Å². The third kappa shape index (κ3) is 5.21. The molecule has 0 radical (unpaired) electrons. The van der Waals surface area contributed by atoms with E-state index in [4.69, 9.17) is 4.84 Å². The number of rotatable bonds is 6. The summed E-state index contributed by atoms with van der Waals surface area (Å²) in [6.45, 7) is 4.96. The van der Waals surface area contributed by atoms with Crippen LogP contribution in [0.25, 0.3) is 0 Å². The van der Waals surface area contributed by atoms with Crippen LogP contribution < -0.4 is 0 Å². The summed E-state index contributed by atoms with van der Waals surface area (Å²) in [5.41, 5.74) is 2.33. The quantitative estimate of drug-likeness (QED) is 0.395. The molecular formula is C13H19NO. The first-order valence-corrected chi connectivity index (χ1v) is 5.55. The third-order valence-electron chi connectivity index (χ3n) is 2.16. The lowest BCUT2D eigenvalue weighted by Gasteiger charge is -1.98. The van der Waals surface area contributed by atoms with Gasteiger partial charge in [0, 0.05) is 0 Å². The maximum Gasteiger partial charge on any atom is 0.117 e. The van der Waals surface area contributed by atoms with Gasteiger partial charge >= 0.3 is 0 Å². The van der Waals surface area contributed by atoms with E-state index in [-0.39, 0.29) is 0 Å². The van der Waals surface area contributed by atoms with Gasteiger partial charge in [0.25, 0.3) is 0 Å². The molecule has 1 rings (SSSR count). The maximum atomic E-state index is 5.15. The van der Waals surface area contributed by atoms with E-state index in [1.54, 1.807) is 6.21 Å². The smallest absolute Gasteiger partial charge is 0.117 e. The summed E-state index contributed by atoms with van der Waals surface area (Å²) < 4.78 is 0. The van der Waals surface area contributed by atoms with Gasteiger partial charge in [-0.3, -0.25) is 0 Å². The summed E-state index contributed by atoms with van der Waals surface area (Å²) >= 11 is 0. The minimum absolute atomic E-state index is 0.718. The molecule has 1 aromatic carbocycles. The van der Waals surface area contributed by atoms with Crippen molar-refractivity contribution in [2.45, 2.75) is 33.1 Å². The molecular weight excluding hydrogens is 186 g/mol. The summed E-state index contributed by atoms with van der Waals surface area (Å²) in [5, 5.41) is 3.93. The van der Waals surface area contributed by atoms with E-state index in [2.05, 4.69) is 31.1 Å². The molecule has 0 unspecified atom stereocenters. The predicted octanol–water partition coefficient (Wildman–Crippen LogP) is 3.54. The van der Waals surface area contributed by atoms with Crippen molar-refractivity contribution in [3.63, 3.8) is 0 Å². The largest absolute Gasteiger partial charge is 0.396 e. The standard InChI is InChI=1S/C13H19NO/c1-3-4-5-9-15-14-11-13-8-6-7-12(2)10-13/h6-8,10-11H,3-5,9H2,1-2H3. The second kappa shape index (κ2) is 7.04. The molecule has 0 aliphatic heterocycles. The zero-order valence-electron chi connectivity index (χ0n) is 9.57. The molecule has 0 saturated heterocycles. The molecule has 2 heteroatoms. The van der Waals surface area contributed by atoms with E-state index < -0.39 is 0 Å². The summed E-state index contributed by atoms with van der Waals surface area (Å²) in [4.78, 5) is 5.15. The molecule has 0 bridgehead atoms. The van der Waals surface area contributed by atoms with Gasteiger partial charge in [0.15, 0.2) is 0 Å². The Morgan fingerprint density at radius 1 is 1.33 bits per heavy atom. The normalized spacial score (nSPS) is 10.8. The molecule has 2 nitrogen and oxygen atoms in total. The van der Waals surface area contributed by atoms with E-state index in [1.165, 1.54) is 18.4 Å². The monoisotopic (exact) mass is 205 g/mol. The Bertz CT molecular complexity index is 307. The number of nitrogens with zero attached hydrogens (tertiary/aromatic N) is 1. The maximum absolute atomic E-state index is 5.15. The number of hydrogen-bond donors (Lipinski definition) is 0. The zero-order valence-corrected chi connectivity index (χ0v) is 9.57. The van der Waals surface area contributed by atoms with Gasteiger partial charge in [0.2, 0.25) is 0 Å². The second-order valence-corrected chi connectivity index (χ2v) is 3.69. The zero-order chi connectivity index (χ0) is 10.9. The molecule has 0 aromatic heterocycles. The Morgan fingerprint density at radius 2 is 2.20 bits per heavy atom. The Kier molecular flexibility index (Phi) is 5.52. The van der Waals surface area contributed by atoms with Crippen molar-refractivity contribution in [1.29, 1.82) is 0 Å². The first-order chi connectivity index (χ1) is 7.33. The Balaban J connectivity index is 2.26. The Hall–Kier alpha value is -1.31. The van der Waals surface area contributed by atoms with E-state index in [0.717, 1.165) is 18.6 Å². The van der Waals surface area contributed by atoms with Crippen LogP contribution in [0.1, 0.15) is 37.3 Å². The lowest BCUT2D eigenvalue weighted by atomic mass is 10.2. The first-order valence-electron chi connectivity index (χ1n) is 5.55. The molecule has 0 heterocycles. The van der Waals surface area contributed by atoms with Crippen LogP contribution >= 0.6 is 0 Å². The van der Waals surface area contributed by atoms with Gasteiger partial charge in [0.1, 0.15) is 6.61 Å². The van der Waals surface area contributed by atoms with Crippen LogP contribution in [0.3, 0.4) is 0 Å². The fraction of sp³-hybridized carbons (Fsp3) is 0.462. The highest BCUT2D eigenvalue weighted by Crippen LogP contribution is 2.01. The fourth-order valence-corrected chi connectivity index (χ4v) is 1.32. The van der Waals surface area contributed by atoms with Gasteiger partial charge in [-0.25, -0.2) is 0 Å². The van der Waals surface area contributed by atoms with Crippen molar-refractivity contribution >= 4 is 6.21 Å². The minimum Gasteiger partial charge on any atom is -0.396 e. The SMILES string of the molecule is CCCCCON=Cc1cccc(C)c1. The van der Waals surface area contributed by atoms with Crippen LogP contribution in [0.15, 0.2) is 29.4 Å². The molecule has 82 valence electrons. The molecule has 0 atom stereocenters. The van der Waals surface area contributed by atoms with Crippen molar-refractivity contribution in [1.82, 2.24) is 0 Å². The lowest BCUT2D eigenvalue weighted by Crippen LogP contribution is -1.89. The van der Waals surface area contributed by atoms with E-state index in [9.17, 15) is 0 Å². The topological polar surface area (TPSA) is 21.6 Å². The first kappa shape index (κ1) is 11.8. The second-order valence-electron chi connectivity index (χ2n) is 3.69. The van der Waals surface area contributed by atoms with Gasteiger partial charge in [0.05, 0.1) is 6.21 Å². The van der Waals surface area contributed by atoms with Crippen molar-refractivity contribution in [2.75, 3.05) is 6.61 Å². The van der Waals surface area contributed by atoms with E-state index in [1.807, 2.05) is 12.1 Å². The Labute approximate surface area is 91.9 Å². The molecule has 0 amide bonds. The lowest BCUT2D eigenvalue weighted by molar-refractivity contribution is 0.141. The summed E-state index contributed by atoms with van der Waals surface area (Å²) in [6, 6.07) is 8.19. The van der Waals surface area contributed by atoms with Crippen LogP contribution in [-0.4, -0.2) is 12.8 Å². The average molecular weight is 205 g/mol. The summed E-state index contributed by atoms with van der Waals surface area (Å²) in [6.07, 6.45) is 5.27. The number of hydrogen-bond acceptors (Lipinski definition) is 2. The van der Waals surface area contributed by atoms with Crippen LogP contribution in [0.4, 0.5) is 0 Å². The molecule has 1 aromatic rings. The highest BCUT2D eigenvalue weighted by Gasteiger charge is 1.88. The van der Waals surface area contributed by atoms with E-state index >= 15 is 0 Å². The fourth-order valence-electron chi connectivity index (χ4n) is 1.32. The highest BCUT2D eigenvalue weighted by molar-refractivity contribution is 5.79. The minimum atomic E-state index is 0.718. The average Bonchev–Trinajstić information content (AvgIpc) is 2.23. The van der Waals surface area contributed by atoms with Crippen molar-refractivity contribution in [3.8, 4) is 0 Å². The van der Waals surface area contributed by atoms with Gasteiger partial charge in [-0.2, -0.15) is 0 Å². The van der Waals surface area contributed by atoms with Gasteiger partial charge < -0.3 is 4.84 Å². The van der Waals surface area contributed by atoms with Gasteiger partial charge in [-0.1, -0.05) is 54.8 Å².